The second-order valence-electron chi connectivity index (χ2n) is 7.28. The Bertz CT molecular complexity index is 805. The van der Waals surface area contributed by atoms with Gasteiger partial charge in [-0.3, -0.25) is 4.98 Å². The van der Waals surface area contributed by atoms with Gasteiger partial charge in [-0.25, -0.2) is 0 Å². The molecule has 0 fully saturated rings. The van der Waals surface area contributed by atoms with E-state index in [1.807, 2.05) is 95.1 Å². The van der Waals surface area contributed by atoms with Crippen LogP contribution in [0, 0.1) is 0 Å². The highest BCUT2D eigenvalue weighted by Gasteiger charge is 2.32. The summed E-state index contributed by atoms with van der Waals surface area (Å²) in [7, 11) is 8.04. The molecule has 0 saturated heterocycles. The zero-order chi connectivity index (χ0) is 19.4. The molecular formula is C23H27N3O. The van der Waals surface area contributed by atoms with Gasteiger partial charge >= 0.3 is 0 Å². The number of anilines is 2. The third-order valence-corrected chi connectivity index (χ3v) is 4.91. The lowest BCUT2D eigenvalue weighted by atomic mass is 9.81. The minimum Gasteiger partial charge on any atom is -0.380 e. The number of nitrogens with zero attached hydrogens (tertiary/aromatic N) is 3. The molecule has 0 radical (unpaired) electrons. The van der Waals surface area contributed by atoms with Crippen molar-refractivity contribution in [3.05, 3.63) is 89.7 Å². The van der Waals surface area contributed by atoms with Crippen LogP contribution in [0.25, 0.3) is 0 Å². The van der Waals surface area contributed by atoms with Gasteiger partial charge in [0, 0.05) is 58.4 Å². The van der Waals surface area contributed by atoms with Crippen LogP contribution < -0.4 is 9.80 Å². The van der Waals surface area contributed by atoms with E-state index in [1.165, 1.54) is 0 Å². The van der Waals surface area contributed by atoms with E-state index < -0.39 is 5.60 Å². The van der Waals surface area contributed by atoms with Crippen LogP contribution in [0.1, 0.15) is 16.7 Å². The Hall–Kier alpha value is -2.85. The smallest absolute Gasteiger partial charge is 0.119 e. The molecule has 1 heterocycles. The van der Waals surface area contributed by atoms with E-state index in [2.05, 4.69) is 14.8 Å². The molecule has 0 atom stereocenters. The number of pyridine rings is 1. The molecule has 0 unspecified atom stereocenters. The molecule has 0 aliphatic rings. The lowest BCUT2D eigenvalue weighted by Gasteiger charge is -2.30. The second-order valence-corrected chi connectivity index (χ2v) is 7.28. The van der Waals surface area contributed by atoms with Gasteiger partial charge in [0.25, 0.3) is 0 Å². The minimum absolute atomic E-state index is 0.462. The van der Waals surface area contributed by atoms with Crippen LogP contribution in [0.15, 0.2) is 73.1 Å². The third kappa shape index (κ3) is 4.12. The van der Waals surface area contributed by atoms with E-state index >= 15 is 0 Å². The van der Waals surface area contributed by atoms with Crippen molar-refractivity contribution in [2.45, 2.75) is 12.0 Å². The predicted octanol–water partition coefficient (Wildman–Crippen LogP) is 3.69. The van der Waals surface area contributed by atoms with Crippen LogP contribution in [0.3, 0.4) is 0 Å². The summed E-state index contributed by atoms with van der Waals surface area (Å²) in [5.74, 6) is 0. The van der Waals surface area contributed by atoms with E-state index in [0.717, 1.165) is 28.1 Å². The van der Waals surface area contributed by atoms with E-state index in [9.17, 15) is 5.11 Å². The quantitative estimate of drug-likeness (QED) is 0.727. The average molecular weight is 361 g/mol. The van der Waals surface area contributed by atoms with Gasteiger partial charge < -0.3 is 14.9 Å². The summed E-state index contributed by atoms with van der Waals surface area (Å²) < 4.78 is 0. The summed E-state index contributed by atoms with van der Waals surface area (Å²) in [6, 6.07) is 20.1. The molecule has 27 heavy (non-hydrogen) atoms. The van der Waals surface area contributed by atoms with E-state index in [1.54, 1.807) is 6.20 Å². The Labute approximate surface area is 161 Å². The molecule has 4 nitrogen and oxygen atoms in total. The molecule has 0 saturated carbocycles. The van der Waals surface area contributed by atoms with Crippen molar-refractivity contribution in [2.24, 2.45) is 0 Å². The topological polar surface area (TPSA) is 39.6 Å². The van der Waals surface area contributed by atoms with Gasteiger partial charge in [0.1, 0.15) is 5.60 Å². The minimum atomic E-state index is -1.13. The largest absolute Gasteiger partial charge is 0.380 e. The van der Waals surface area contributed by atoms with Crippen molar-refractivity contribution in [1.82, 2.24) is 4.98 Å². The number of aromatic nitrogens is 1. The average Bonchev–Trinajstić information content (AvgIpc) is 2.69. The number of aliphatic hydroxyl groups is 1. The number of hydrogen-bond donors (Lipinski definition) is 1. The highest BCUT2D eigenvalue weighted by atomic mass is 16.3. The van der Waals surface area contributed by atoms with Crippen molar-refractivity contribution < 1.29 is 5.11 Å². The Kier molecular flexibility index (Phi) is 5.47. The lowest BCUT2D eigenvalue weighted by molar-refractivity contribution is 0.0811. The van der Waals surface area contributed by atoms with E-state index in [-0.39, 0.29) is 0 Å². The second kappa shape index (κ2) is 7.80. The fourth-order valence-electron chi connectivity index (χ4n) is 3.24. The van der Waals surface area contributed by atoms with Crippen LogP contribution in [0.4, 0.5) is 11.4 Å². The SMILES string of the molecule is CN(C)c1ccc(C(O)(Cc2cccnc2)c2ccc(N(C)C)cc2)cc1. The monoisotopic (exact) mass is 361 g/mol. The van der Waals surface area contributed by atoms with Crippen LogP contribution in [-0.4, -0.2) is 38.3 Å². The van der Waals surface area contributed by atoms with Crippen molar-refractivity contribution >= 4 is 11.4 Å². The molecule has 0 spiro atoms. The first-order valence-electron chi connectivity index (χ1n) is 9.07. The van der Waals surface area contributed by atoms with Gasteiger partial charge in [-0.2, -0.15) is 0 Å². The normalized spacial score (nSPS) is 11.3. The molecule has 0 aliphatic carbocycles. The third-order valence-electron chi connectivity index (χ3n) is 4.91. The van der Waals surface area contributed by atoms with Gasteiger partial charge in [-0.15, -0.1) is 0 Å². The van der Waals surface area contributed by atoms with Gasteiger partial charge in [0.2, 0.25) is 0 Å². The molecule has 0 aliphatic heterocycles. The first-order chi connectivity index (χ1) is 12.9. The van der Waals surface area contributed by atoms with Gasteiger partial charge in [-0.1, -0.05) is 30.3 Å². The standard InChI is InChI=1S/C23H27N3O/c1-25(2)21-11-7-19(8-12-21)23(27,16-18-6-5-15-24-17-18)20-9-13-22(14-10-20)26(3)4/h5-15,17,27H,16H2,1-4H3. The van der Waals surface area contributed by atoms with E-state index in [4.69, 9.17) is 0 Å². The van der Waals surface area contributed by atoms with Crippen LogP contribution in [-0.2, 0) is 12.0 Å². The summed E-state index contributed by atoms with van der Waals surface area (Å²) in [6.07, 6.45) is 4.02. The predicted molar refractivity (Wildman–Crippen MR) is 112 cm³/mol. The molecule has 1 N–H and O–H groups in total. The highest BCUT2D eigenvalue weighted by Crippen LogP contribution is 2.35. The molecule has 3 aromatic rings. The van der Waals surface area contributed by atoms with Crippen molar-refractivity contribution in [3.63, 3.8) is 0 Å². The Balaban J connectivity index is 2.05. The maximum atomic E-state index is 11.8. The van der Waals surface area contributed by atoms with E-state index in [0.29, 0.717) is 6.42 Å². The molecule has 2 aromatic carbocycles. The lowest BCUT2D eigenvalue weighted by Crippen LogP contribution is -2.30. The van der Waals surface area contributed by atoms with Gasteiger partial charge in [0.05, 0.1) is 0 Å². The molecule has 0 amide bonds. The number of hydrogen-bond acceptors (Lipinski definition) is 4. The molecular weight excluding hydrogens is 334 g/mol. The summed E-state index contributed by atoms with van der Waals surface area (Å²) in [5.41, 5.74) is 3.81. The molecule has 1 aromatic heterocycles. The fourth-order valence-corrected chi connectivity index (χ4v) is 3.24. The molecule has 0 bridgehead atoms. The van der Waals surface area contributed by atoms with Gasteiger partial charge in [-0.05, 0) is 47.0 Å². The van der Waals surface area contributed by atoms with Crippen molar-refractivity contribution in [3.8, 4) is 0 Å². The summed E-state index contributed by atoms with van der Waals surface area (Å²) >= 11 is 0. The summed E-state index contributed by atoms with van der Waals surface area (Å²) in [6.45, 7) is 0. The van der Waals surface area contributed by atoms with Crippen LogP contribution in [0.2, 0.25) is 0 Å². The van der Waals surface area contributed by atoms with Gasteiger partial charge in [0.15, 0.2) is 0 Å². The van der Waals surface area contributed by atoms with Crippen LogP contribution in [0.5, 0.6) is 0 Å². The number of rotatable bonds is 6. The molecule has 3 rings (SSSR count). The molecule has 4 heteroatoms. The summed E-state index contributed by atoms with van der Waals surface area (Å²) in [5, 5.41) is 11.8. The summed E-state index contributed by atoms with van der Waals surface area (Å²) in [4.78, 5) is 8.31. The Morgan fingerprint density at radius 3 is 1.63 bits per heavy atom. The molecule has 140 valence electrons. The Morgan fingerprint density at radius 2 is 1.26 bits per heavy atom. The number of benzene rings is 2. The fraction of sp³-hybridized carbons (Fsp3) is 0.261. The van der Waals surface area contributed by atoms with Crippen molar-refractivity contribution in [2.75, 3.05) is 38.0 Å². The zero-order valence-corrected chi connectivity index (χ0v) is 16.4. The van der Waals surface area contributed by atoms with Crippen LogP contribution >= 0.6 is 0 Å². The first kappa shape index (κ1) is 18.9. The zero-order valence-electron chi connectivity index (χ0n) is 16.4. The maximum Gasteiger partial charge on any atom is 0.119 e. The first-order valence-corrected chi connectivity index (χ1v) is 9.07. The Morgan fingerprint density at radius 1 is 0.778 bits per heavy atom. The van der Waals surface area contributed by atoms with Crippen molar-refractivity contribution in [1.29, 1.82) is 0 Å². The maximum absolute atomic E-state index is 11.8. The highest BCUT2D eigenvalue weighted by molar-refractivity contribution is 5.52.